The van der Waals surface area contributed by atoms with Gasteiger partial charge in [0.15, 0.2) is 23.4 Å². The molecule has 0 aromatic heterocycles. The molecule has 2 atom stereocenters. The molecular formula is C32H28N2O8S. The Morgan fingerprint density at radius 3 is 2.05 bits per heavy atom. The molecule has 220 valence electrons. The Morgan fingerprint density at radius 2 is 1.47 bits per heavy atom. The first-order chi connectivity index (χ1) is 20.6. The maximum Gasteiger partial charge on any atom is 0.356 e. The number of carbonyl (C=O) groups excluding carboxylic acids is 5. The van der Waals surface area contributed by atoms with E-state index in [1.54, 1.807) is 0 Å². The summed E-state index contributed by atoms with van der Waals surface area (Å²) < 4.78 is 16.3. The van der Waals surface area contributed by atoms with Crippen LogP contribution in [0, 0.1) is 0 Å². The monoisotopic (exact) mass is 600 g/mol. The van der Waals surface area contributed by atoms with E-state index in [1.807, 2.05) is 60.7 Å². The summed E-state index contributed by atoms with van der Waals surface area (Å²) in [6.45, 7) is 2.37. The van der Waals surface area contributed by atoms with E-state index in [4.69, 9.17) is 19.9 Å². The number of nitrogens with zero attached hydrogens (tertiary/aromatic N) is 1. The highest BCUT2D eigenvalue weighted by molar-refractivity contribution is 8.00. The third kappa shape index (κ3) is 6.37. The minimum Gasteiger partial charge on any atom is -0.448 e. The summed E-state index contributed by atoms with van der Waals surface area (Å²) in [4.78, 5) is 64.7. The Balaban J connectivity index is 1.48. The summed E-state index contributed by atoms with van der Waals surface area (Å²) in [6, 6.07) is 21.7. The number of Topliss-reactive ketones (excluding diaryl/α,β-unsaturated/α-hetero) is 1. The van der Waals surface area contributed by atoms with Crippen molar-refractivity contribution in [3.8, 4) is 11.5 Å². The molecule has 43 heavy (non-hydrogen) atoms. The van der Waals surface area contributed by atoms with Crippen LogP contribution in [0.25, 0.3) is 0 Å². The Bertz CT molecular complexity index is 1580. The van der Waals surface area contributed by atoms with Crippen LogP contribution in [0.3, 0.4) is 0 Å². The summed E-state index contributed by atoms with van der Waals surface area (Å²) in [5.74, 6) is -2.76. The van der Waals surface area contributed by atoms with Crippen molar-refractivity contribution < 1.29 is 38.2 Å². The van der Waals surface area contributed by atoms with Crippen LogP contribution in [-0.2, 0) is 23.9 Å². The normalized spacial score (nSPS) is 17.6. The Hall–Kier alpha value is -4.74. The smallest absolute Gasteiger partial charge is 0.356 e. The molecule has 2 heterocycles. The van der Waals surface area contributed by atoms with E-state index in [9.17, 15) is 24.0 Å². The van der Waals surface area contributed by atoms with Crippen LogP contribution in [0.2, 0.25) is 0 Å². The second-order valence-electron chi connectivity index (χ2n) is 9.94. The predicted octanol–water partition coefficient (Wildman–Crippen LogP) is 3.94. The number of carbonyl (C=O) groups is 5. The topological polar surface area (TPSA) is 142 Å². The average Bonchev–Trinajstić information content (AvgIpc) is 3.00. The second-order valence-corrected chi connectivity index (χ2v) is 11.0. The first-order valence-corrected chi connectivity index (χ1v) is 14.5. The van der Waals surface area contributed by atoms with Gasteiger partial charge in [0.05, 0.1) is 0 Å². The molecule has 10 nitrogen and oxygen atoms in total. The molecule has 1 amide bonds. The highest BCUT2D eigenvalue weighted by atomic mass is 32.2. The molecule has 3 aromatic carbocycles. The maximum atomic E-state index is 13.9. The van der Waals surface area contributed by atoms with Crippen molar-refractivity contribution in [2.75, 3.05) is 5.75 Å². The van der Waals surface area contributed by atoms with Gasteiger partial charge in [-0.05, 0) is 34.9 Å². The van der Waals surface area contributed by atoms with E-state index in [1.165, 1.54) is 48.7 Å². The molecule has 3 aromatic rings. The lowest BCUT2D eigenvalue weighted by atomic mass is 9.98. The Morgan fingerprint density at radius 1 is 0.884 bits per heavy atom. The van der Waals surface area contributed by atoms with Crippen molar-refractivity contribution in [2.45, 2.75) is 37.8 Å². The highest BCUT2D eigenvalue weighted by Gasteiger charge is 2.52. The largest absolute Gasteiger partial charge is 0.448 e. The zero-order chi connectivity index (χ0) is 30.7. The van der Waals surface area contributed by atoms with E-state index in [-0.39, 0.29) is 34.9 Å². The number of benzene rings is 3. The highest BCUT2D eigenvalue weighted by Crippen LogP contribution is 2.42. The van der Waals surface area contributed by atoms with Crippen LogP contribution in [0.5, 0.6) is 11.5 Å². The number of thioether (sulfide) groups is 1. The van der Waals surface area contributed by atoms with Gasteiger partial charge in [-0.3, -0.25) is 24.1 Å². The second kappa shape index (κ2) is 12.6. The molecule has 2 aliphatic rings. The molecule has 1 saturated heterocycles. The Kier molecular flexibility index (Phi) is 8.74. The summed E-state index contributed by atoms with van der Waals surface area (Å²) in [7, 11) is 0. The number of fused-ring (bicyclic) bond motifs is 1. The van der Waals surface area contributed by atoms with E-state index >= 15 is 0 Å². The van der Waals surface area contributed by atoms with Gasteiger partial charge in [-0.25, -0.2) is 4.79 Å². The molecule has 1 unspecified atom stereocenters. The lowest BCUT2D eigenvalue weighted by Gasteiger charge is -2.48. The average molecular weight is 601 g/mol. The van der Waals surface area contributed by atoms with Gasteiger partial charge in [0.2, 0.25) is 5.91 Å². The van der Waals surface area contributed by atoms with E-state index in [2.05, 4.69) is 0 Å². The first kappa shape index (κ1) is 29.7. The number of esters is 3. The summed E-state index contributed by atoms with van der Waals surface area (Å²) in [5, 5.41) is -0.459. The number of amides is 1. The number of hydrogen-bond acceptors (Lipinski definition) is 10. The maximum absolute atomic E-state index is 13.9. The van der Waals surface area contributed by atoms with Crippen molar-refractivity contribution in [2.24, 2.45) is 5.73 Å². The fourth-order valence-electron chi connectivity index (χ4n) is 4.90. The predicted molar refractivity (Wildman–Crippen MR) is 157 cm³/mol. The third-order valence-electron chi connectivity index (χ3n) is 6.86. The first-order valence-electron chi connectivity index (χ1n) is 13.4. The van der Waals surface area contributed by atoms with Gasteiger partial charge in [0.1, 0.15) is 17.1 Å². The van der Waals surface area contributed by atoms with E-state index < -0.39 is 47.1 Å². The summed E-state index contributed by atoms with van der Waals surface area (Å²) in [5.41, 5.74) is 8.05. The van der Waals surface area contributed by atoms with Crippen LogP contribution < -0.4 is 15.2 Å². The number of hydrogen-bond donors (Lipinski definition) is 1. The summed E-state index contributed by atoms with van der Waals surface area (Å²) >= 11 is 1.36. The summed E-state index contributed by atoms with van der Waals surface area (Å²) in [6.07, 6.45) is -0.991. The van der Waals surface area contributed by atoms with Gasteiger partial charge >= 0.3 is 17.9 Å². The molecule has 2 N–H and O–H groups in total. The molecule has 11 heteroatoms. The molecule has 1 fully saturated rings. The van der Waals surface area contributed by atoms with Crippen LogP contribution in [-0.4, -0.2) is 51.7 Å². The van der Waals surface area contributed by atoms with Crippen molar-refractivity contribution in [1.29, 1.82) is 0 Å². The van der Waals surface area contributed by atoms with Crippen LogP contribution in [0.4, 0.5) is 0 Å². The molecule has 0 bridgehead atoms. The van der Waals surface area contributed by atoms with Crippen molar-refractivity contribution >= 4 is 41.4 Å². The van der Waals surface area contributed by atoms with E-state index in [0.717, 1.165) is 11.1 Å². The molecule has 0 saturated carbocycles. The van der Waals surface area contributed by atoms with Crippen LogP contribution >= 0.6 is 11.8 Å². The van der Waals surface area contributed by atoms with Gasteiger partial charge < -0.3 is 19.9 Å². The van der Waals surface area contributed by atoms with Gasteiger partial charge in [-0.2, -0.15) is 0 Å². The van der Waals surface area contributed by atoms with Crippen molar-refractivity contribution in [1.82, 2.24) is 4.90 Å². The zero-order valence-corrected chi connectivity index (χ0v) is 24.2. The van der Waals surface area contributed by atoms with Crippen LogP contribution in [0.15, 0.2) is 90.1 Å². The molecule has 5 rings (SSSR count). The minimum absolute atomic E-state index is 0.00240. The quantitative estimate of drug-likeness (QED) is 0.166. The SMILES string of the molecule is CC(=O)Oc1ccc(C(=O)CC2=C(C(=O)OC(c3ccccc3)c3ccccc3)N3C(=O)C(N)[C@H]3SC2)cc1OC(C)=O. The fourth-order valence-corrected chi connectivity index (χ4v) is 6.20. The van der Waals surface area contributed by atoms with Crippen molar-refractivity contribution in [3.05, 3.63) is 107 Å². The number of ketones is 1. The number of nitrogens with two attached hydrogens (primary N) is 1. The fraction of sp³-hybridized carbons (Fsp3) is 0.219. The molecular weight excluding hydrogens is 572 g/mol. The van der Waals surface area contributed by atoms with Gasteiger partial charge in [-0.1, -0.05) is 60.7 Å². The number of rotatable bonds is 9. The molecule has 0 aliphatic carbocycles. The standard InChI is InChI=1S/C32H28N2O8S/c1-18(35)40-25-14-13-22(16-26(25)41-19(2)36)24(37)15-23-17-43-31-27(33)30(38)34(31)28(23)32(39)42-29(20-9-5-3-6-10-20)21-11-7-4-8-12-21/h3-14,16,27,29,31H,15,17,33H2,1-2H3/t27?,31-/m1/s1. The molecule has 0 spiro atoms. The lowest BCUT2D eigenvalue weighted by molar-refractivity contribution is -0.153. The van der Waals surface area contributed by atoms with Crippen LogP contribution in [0.1, 0.15) is 47.9 Å². The van der Waals surface area contributed by atoms with E-state index in [0.29, 0.717) is 5.57 Å². The van der Waals surface area contributed by atoms with Gasteiger partial charge in [-0.15, -0.1) is 11.8 Å². The van der Waals surface area contributed by atoms with Gasteiger partial charge in [0, 0.05) is 31.6 Å². The minimum atomic E-state index is -0.774. The lowest BCUT2D eigenvalue weighted by Crippen LogP contribution is -2.68. The molecule has 0 radical (unpaired) electrons. The number of β-lactam (4-membered cyclic amide) rings is 1. The van der Waals surface area contributed by atoms with Crippen molar-refractivity contribution in [3.63, 3.8) is 0 Å². The zero-order valence-electron chi connectivity index (χ0n) is 23.4. The molecule has 2 aliphatic heterocycles. The third-order valence-corrected chi connectivity index (χ3v) is 8.22. The Labute approximate surface area is 251 Å². The van der Waals surface area contributed by atoms with Gasteiger partial charge in [0.25, 0.3) is 0 Å². The number of ether oxygens (including phenoxy) is 3.